The largest absolute Gasteiger partial charge is 0.435 e. The molecule has 0 aliphatic heterocycles. The van der Waals surface area contributed by atoms with Crippen LogP contribution in [0, 0.1) is 17.6 Å². The summed E-state index contributed by atoms with van der Waals surface area (Å²) in [6.45, 7) is 4.68. The van der Waals surface area contributed by atoms with Crippen LogP contribution in [-0.4, -0.2) is 27.1 Å². The quantitative estimate of drug-likeness (QED) is 0.245. The number of aromatic nitrogens is 2. The van der Waals surface area contributed by atoms with Crippen molar-refractivity contribution in [3.63, 3.8) is 0 Å². The van der Waals surface area contributed by atoms with Crippen LogP contribution in [0.5, 0.6) is 11.6 Å². The average molecular weight is 502 g/mol. The van der Waals surface area contributed by atoms with Gasteiger partial charge in [0.25, 0.3) is 5.91 Å². The predicted molar refractivity (Wildman–Crippen MR) is 138 cm³/mol. The Kier molecular flexibility index (Phi) is 7.04. The molecule has 3 aromatic carbocycles. The van der Waals surface area contributed by atoms with Crippen LogP contribution in [0.4, 0.5) is 8.78 Å². The van der Waals surface area contributed by atoms with Crippen molar-refractivity contribution in [1.82, 2.24) is 14.7 Å². The van der Waals surface area contributed by atoms with Crippen molar-refractivity contribution in [2.75, 3.05) is 6.54 Å². The first-order valence-corrected chi connectivity index (χ1v) is 12.6. The molecule has 5 nitrogen and oxygen atoms in total. The van der Waals surface area contributed by atoms with Crippen molar-refractivity contribution >= 4 is 5.91 Å². The number of amides is 1. The molecule has 1 amide bonds. The molecule has 190 valence electrons. The van der Waals surface area contributed by atoms with E-state index in [2.05, 4.69) is 0 Å². The Labute approximate surface area is 215 Å². The zero-order chi connectivity index (χ0) is 25.9. The second-order valence-corrected chi connectivity index (χ2v) is 9.71. The van der Waals surface area contributed by atoms with Crippen LogP contribution in [0.3, 0.4) is 0 Å². The van der Waals surface area contributed by atoms with Gasteiger partial charge in [-0.05, 0) is 61.1 Å². The molecule has 0 N–H and O–H groups in total. The van der Waals surface area contributed by atoms with Crippen LogP contribution in [0.15, 0.2) is 78.9 Å². The highest BCUT2D eigenvalue weighted by Gasteiger charge is 2.32. The van der Waals surface area contributed by atoms with E-state index in [0.717, 1.165) is 24.2 Å². The summed E-state index contributed by atoms with van der Waals surface area (Å²) < 4.78 is 37.1. The lowest BCUT2D eigenvalue weighted by Crippen LogP contribution is -2.33. The zero-order valence-corrected chi connectivity index (χ0v) is 20.9. The first kappa shape index (κ1) is 24.7. The van der Waals surface area contributed by atoms with Crippen molar-refractivity contribution in [3.05, 3.63) is 107 Å². The number of hydrogen-bond donors (Lipinski definition) is 0. The molecule has 1 aliphatic rings. The number of ether oxygens (including phenoxy) is 1. The summed E-state index contributed by atoms with van der Waals surface area (Å²) in [4.78, 5) is 15.2. The smallest absolute Gasteiger partial charge is 0.257 e. The van der Waals surface area contributed by atoms with Gasteiger partial charge in [-0.3, -0.25) is 4.79 Å². The molecule has 1 fully saturated rings. The summed E-state index contributed by atoms with van der Waals surface area (Å²) in [5.74, 6) is -0.679. The molecule has 1 heterocycles. The van der Waals surface area contributed by atoms with Crippen LogP contribution >= 0.6 is 0 Å². The highest BCUT2D eigenvalue weighted by atomic mass is 19.1. The Morgan fingerprint density at radius 2 is 1.62 bits per heavy atom. The van der Waals surface area contributed by atoms with Gasteiger partial charge in [-0.2, -0.15) is 5.10 Å². The molecule has 0 unspecified atom stereocenters. The van der Waals surface area contributed by atoms with E-state index in [1.165, 1.54) is 18.2 Å². The van der Waals surface area contributed by atoms with Gasteiger partial charge < -0.3 is 9.64 Å². The average Bonchev–Trinajstić information content (AvgIpc) is 3.65. The third kappa shape index (κ3) is 5.40. The fourth-order valence-electron chi connectivity index (χ4n) is 4.37. The number of hydrogen-bond acceptors (Lipinski definition) is 3. The van der Waals surface area contributed by atoms with Gasteiger partial charge in [-0.15, -0.1) is 0 Å². The first-order chi connectivity index (χ1) is 17.9. The summed E-state index contributed by atoms with van der Waals surface area (Å²) in [6, 6.07) is 21.7. The topological polar surface area (TPSA) is 47.4 Å². The molecule has 0 radical (unpaired) electrons. The Morgan fingerprint density at radius 3 is 2.27 bits per heavy atom. The minimum absolute atomic E-state index is 0.00530. The number of carbonyl (C=O) groups excluding carboxylic acids is 1. The van der Waals surface area contributed by atoms with Crippen LogP contribution in [0.25, 0.3) is 5.69 Å². The maximum Gasteiger partial charge on any atom is 0.257 e. The van der Waals surface area contributed by atoms with Gasteiger partial charge in [-0.1, -0.05) is 56.3 Å². The molecule has 7 heteroatoms. The second kappa shape index (κ2) is 10.5. The number of benzene rings is 3. The van der Waals surface area contributed by atoms with Crippen molar-refractivity contribution < 1.29 is 18.3 Å². The molecule has 0 saturated heterocycles. The second-order valence-electron chi connectivity index (χ2n) is 9.71. The van der Waals surface area contributed by atoms with Gasteiger partial charge in [-0.25, -0.2) is 13.5 Å². The lowest BCUT2D eigenvalue weighted by Gasteiger charge is -2.24. The van der Waals surface area contributed by atoms with Crippen LogP contribution < -0.4 is 4.74 Å². The minimum atomic E-state index is -0.555. The van der Waals surface area contributed by atoms with Gasteiger partial charge in [0.15, 0.2) is 11.6 Å². The van der Waals surface area contributed by atoms with Gasteiger partial charge in [0.2, 0.25) is 5.88 Å². The summed E-state index contributed by atoms with van der Waals surface area (Å²) in [6.07, 6.45) is 2.06. The molecule has 1 aliphatic carbocycles. The number of rotatable bonds is 9. The van der Waals surface area contributed by atoms with E-state index in [1.54, 1.807) is 39.9 Å². The number of carbonyl (C=O) groups is 1. The third-order valence-electron chi connectivity index (χ3n) is 6.47. The van der Waals surface area contributed by atoms with Gasteiger partial charge in [0, 0.05) is 6.54 Å². The highest BCUT2D eigenvalue weighted by Crippen LogP contribution is 2.37. The van der Waals surface area contributed by atoms with Gasteiger partial charge >= 0.3 is 0 Å². The SMILES string of the molecule is CC(C)c1nn(-c2ccccc2)c(Oc2ccccc2F)c1CN(CC1CC1)C(=O)c1ccccc1F. The molecule has 0 bridgehead atoms. The van der Waals surface area contributed by atoms with Gasteiger partial charge in [0.1, 0.15) is 5.82 Å². The van der Waals surface area contributed by atoms with Crippen LogP contribution in [0.2, 0.25) is 0 Å². The zero-order valence-electron chi connectivity index (χ0n) is 20.9. The molecule has 0 atom stereocenters. The van der Waals surface area contributed by atoms with E-state index in [-0.39, 0.29) is 29.7 Å². The summed E-state index contributed by atoms with van der Waals surface area (Å²) in [7, 11) is 0. The number of para-hydroxylation sites is 2. The minimum Gasteiger partial charge on any atom is -0.435 e. The van der Waals surface area contributed by atoms with E-state index in [0.29, 0.717) is 23.9 Å². The summed E-state index contributed by atoms with van der Waals surface area (Å²) in [5, 5.41) is 4.86. The highest BCUT2D eigenvalue weighted by molar-refractivity contribution is 5.94. The lowest BCUT2D eigenvalue weighted by atomic mass is 10.0. The monoisotopic (exact) mass is 501 g/mol. The Hall–Kier alpha value is -4.00. The Bertz CT molecular complexity index is 1400. The van der Waals surface area contributed by atoms with E-state index in [4.69, 9.17) is 9.84 Å². The van der Waals surface area contributed by atoms with E-state index < -0.39 is 11.6 Å². The summed E-state index contributed by atoms with van der Waals surface area (Å²) >= 11 is 0. The van der Waals surface area contributed by atoms with Crippen molar-refractivity contribution in [1.29, 1.82) is 0 Å². The fraction of sp³-hybridized carbons (Fsp3) is 0.267. The number of halogens is 2. The predicted octanol–water partition coefficient (Wildman–Crippen LogP) is 7.12. The van der Waals surface area contributed by atoms with Crippen LogP contribution in [-0.2, 0) is 6.54 Å². The van der Waals surface area contributed by atoms with E-state index in [1.807, 2.05) is 44.2 Å². The van der Waals surface area contributed by atoms with E-state index >= 15 is 0 Å². The van der Waals surface area contributed by atoms with Gasteiger partial charge in [0.05, 0.1) is 29.1 Å². The van der Waals surface area contributed by atoms with Crippen molar-refractivity contribution in [2.45, 2.75) is 39.2 Å². The Morgan fingerprint density at radius 1 is 0.973 bits per heavy atom. The fourth-order valence-corrected chi connectivity index (χ4v) is 4.37. The maximum absolute atomic E-state index is 14.7. The molecule has 1 aromatic heterocycles. The molecule has 4 aromatic rings. The maximum atomic E-state index is 14.7. The van der Waals surface area contributed by atoms with Crippen molar-refractivity contribution in [3.8, 4) is 17.3 Å². The molecule has 1 saturated carbocycles. The number of nitrogens with zero attached hydrogens (tertiary/aromatic N) is 3. The first-order valence-electron chi connectivity index (χ1n) is 12.6. The molecule has 5 rings (SSSR count). The molecule has 0 spiro atoms. The lowest BCUT2D eigenvalue weighted by molar-refractivity contribution is 0.0728. The van der Waals surface area contributed by atoms with Crippen molar-refractivity contribution in [2.24, 2.45) is 5.92 Å². The Balaban J connectivity index is 1.62. The van der Waals surface area contributed by atoms with E-state index in [9.17, 15) is 13.6 Å². The molecular formula is C30H29F2N3O2. The third-order valence-corrected chi connectivity index (χ3v) is 6.47. The summed E-state index contributed by atoms with van der Waals surface area (Å²) in [5.41, 5.74) is 2.18. The molecular weight excluding hydrogens is 472 g/mol. The molecule has 37 heavy (non-hydrogen) atoms. The standard InChI is InChI=1S/C30H29F2N3O2/c1-20(2)28-24(19-34(18-21-16-17-21)29(36)23-12-6-7-13-25(23)31)30(37-27-15-9-8-14-26(27)32)35(33-28)22-10-4-3-5-11-22/h3-15,20-21H,16-19H2,1-2H3. The van der Waals surface area contributed by atoms with Crippen LogP contribution in [0.1, 0.15) is 54.2 Å². The normalized spacial score (nSPS) is 13.1.